The van der Waals surface area contributed by atoms with Crippen molar-refractivity contribution in [2.45, 2.75) is 208 Å². The van der Waals surface area contributed by atoms with Crippen LogP contribution in [0.15, 0.2) is 23.5 Å². The summed E-state index contributed by atoms with van der Waals surface area (Å²) in [5.74, 6) is -2.91. The van der Waals surface area contributed by atoms with Crippen LogP contribution in [0.1, 0.15) is 79.6 Å². The van der Waals surface area contributed by atoms with E-state index in [0.717, 1.165) is 11.1 Å². The van der Waals surface area contributed by atoms with Gasteiger partial charge in [-0.25, -0.2) is 0 Å². The van der Waals surface area contributed by atoms with E-state index in [0.29, 0.717) is 25.7 Å². The Balaban J connectivity index is 0.776. The molecule has 9 rings (SSSR count). The lowest BCUT2D eigenvalue weighted by Crippen LogP contribution is -2.62. The summed E-state index contributed by atoms with van der Waals surface area (Å²) in [4.78, 5) is 13.8. The van der Waals surface area contributed by atoms with Gasteiger partial charge in [-0.15, -0.1) is 0 Å². The molecule has 21 heteroatoms. The van der Waals surface area contributed by atoms with Crippen LogP contribution in [0.5, 0.6) is 0 Å². The van der Waals surface area contributed by atoms with Crippen molar-refractivity contribution in [2.75, 3.05) is 27.4 Å². The smallest absolute Gasteiger partial charge is 0.310 e. The number of esters is 1. The van der Waals surface area contributed by atoms with E-state index in [2.05, 4.69) is 6.08 Å². The lowest BCUT2D eigenvalue weighted by atomic mass is 9.54. The summed E-state index contributed by atoms with van der Waals surface area (Å²) in [6.45, 7) is 8.92. The molecule has 1 saturated carbocycles. The molecule has 26 atom stereocenters. The number of rotatable bonds is 11. The molecule has 6 saturated heterocycles. The predicted molar refractivity (Wildman–Crippen MR) is 228 cm³/mol. The van der Waals surface area contributed by atoms with E-state index in [9.17, 15) is 40.5 Å². The molecule has 68 heavy (non-hydrogen) atoms. The van der Waals surface area contributed by atoms with E-state index in [1.54, 1.807) is 20.1 Å². The summed E-state index contributed by atoms with van der Waals surface area (Å²) in [7, 11) is 2.98. The van der Waals surface area contributed by atoms with Gasteiger partial charge in [0.05, 0.1) is 74.0 Å². The van der Waals surface area contributed by atoms with E-state index in [1.165, 1.54) is 14.2 Å². The third-order valence-corrected chi connectivity index (χ3v) is 16.3. The fourth-order valence-corrected chi connectivity index (χ4v) is 12.7. The van der Waals surface area contributed by atoms with Crippen LogP contribution in [-0.4, -0.2) is 198 Å². The van der Waals surface area contributed by atoms with E-state index < -0.39 is 153 Å². The maximum Gasteiger partial charge on any atom is 0.310 e. The molecule has 21 nitrogen and oxygen atoms in total. The molecule has 7 fully saturated rings. The van der Waals surface area contributed by atoms with Gasteiger partial charge in [0, 0.05) is 46.3 Å². The van der Waals surface area contributed by atoms with Crippen molar-refractivity contribution in [2.24, 2.45) is 29.1 Å². The standard InChI is InChI=1S/C47H72O21/c1-19-10-32(62-28-12-23-8-9-24-36(46(23,4)15-27(28)51)25(49)11-22-17-58-47(5)35(22)31(18-59-47)63-43(24)55)67-45(57-7)40(19)65-33-13-26(50)41(20(2)60-33)66-34-14-29(56-6)42(21(3)61-34)68-44-39(54)38(53)37(52)30(16-48)64-44/h8,17,19-21,24-42,44-45,48-54H,9-16,18H2,1-7H3/t19-,20+,21-,24-,25+,26-,27+,28+,29+,30+,31+,32-,33-,34-,35+,36+,37+,38-,39+,40+,41+,42-,44-,45+,46-,47-/m0/s1. The second-order valence-electron chi connectivity index (χ2n) is 20.8. The van der Waals surface area contributed by atoms with Crippen LogP contribution in [0, 0.1) is 29.1 Å². The highest BCUT2D eigenvalue weighted by atomic mass is 16.8. The van der Waals surface area contributed by atoms with Gasteiger partial charge in [-0.2, -0.15) is 0 Å². The minimum atomic E-state index is -1.61. The number of carbonyl (C=O) groups excluding carboxylic acids is 1. The third-order valence-electron chi connectivity index (χ3n) is 16.3. The quantitative estimate of drug-likeness (QED) is 0.106. The van der Waals surface area contributed by atoms with Crippen molar-refractivity contribution in [1.29, 1.82) is 0 Å². The van der Waals surface area contributed by atoms with Gasteiger partial charge in [0.15, 0.2) is 31.5 Å². The SMILES string of the molecule is CO[C@@H]1O[C@H](O[C@@H]2CC3=CC[C@@H]4C(=O)O[C@@H]5CO[C@]6(C)OC=C(C[C@@H](O)[C@@H]4[C@@]3(C)C[C@H]2O)[C@H]56)C[C@H](C)[C@H]1O[C@H]1C[C@H](O)[C@H](O[C@H]2C[C@@H](OC)[C@@H](O[C@@H]3O[C@H](CO)[C@@H](O)[C@H](O)[C@H]3O)[C@H](C)O2)[C@@H](C)O1. The maximum atomic E-state index is 13.8. The molecule has 7 heterocycles. The minimum absolute atomic E-state index is 0.0597. The van der Waals surface area contributed by atoms with Crippen LogP contribution in [0.3, 0.4) is 0 Å². The normalized spacial score (nSPS) is 52.8. The average Bonchev–Trinajstić information content (AvgIpc) is 3.80. The van der Waals surface area contributed by atoms with Crippen LogP contribution >= 0.6 is 0 Å². The molecular weight excluding hydrogens is 900 g/mol. The second-order valence-corrected chi connectivity index (χ2v) is 20.8. The lowest BCUT2D eigenvalue weighted by Gasteiger charge is -2.53. The number of aliphatic hydroxyl groups excluding tert-OH is 7. The molecule has 7 N–H and O–H groups in total. The highest BCUT2D eigenvalue weighted by Gasteiger charge is 2.61. The fourth-order valence-electron chi connectivity index (χ4n) is 12.7. The number of allylic oxidation sites excluding steroid dienone is 1. The number of carbonyl (C=O) groups is 1. The molecular formula is C47H72O21. The Kier molecular flexibility index (Phi) is 15.1. The van der Waals surface area contributed by atoms with E-state index in [-0.39, 0.29) is 43.7 Å². The van der Waals surface area contributed by atoms with Gasteiger partial charge in [0.25, 0.3) is 0 Å². The first kappa shape index (κ1) is 51.0. The maximum absolute atomic E-state index is 13.8. The number of aliphatic hydroxyl groups is 7. The first-order valence-electron chi connectivity index (χ1n) is 24.2. The zero-order valence-corrected chi connectivity index (χ0v) is 39.7. The molecule has 9 aliphatic rings. The van der Waals surface area contributed by atoms with Crippen molar-refractivity contribution in [3.8, 4) is 0 Å². The van der Waals surface area contributed by atoms with Gasteiger partial charge in [-0.05, 0) is 56.4 Å². The first-order chi connectivity index (χ1) is 32.4. The lowest BCUT2D eigenvalue weighted by molar-refractivity contribution is -0.365. The summed E-state index contributed by atoms with van der Waals surface area (Å²) < 4.78 is 79.0. The van der Waals surface area contributed by atoms with Crippen molar-refractivity contribution < 1.29 is 102 Å². The third kappa shape index (κ3) is 9.45. The highest BCUT2D eigenvalue weighted by Crippen LogP contribution is 2.57. The highest BCUT2D eigenvalue weighted by molar-refractivity contribution is 5.74. The van der Waals surface area contributed by atoms with Crippen molar-refractivity contribution in [1.82, 2.24) is 0 Å². The Hall–Kier alpha value is -1.97. The Morgan fingerprint density at radius 2 is 1.43 bits per heavy atom. The fraction of sp³-hybridized carbons (Fsp3) is 0.894. The van der Waals surface area contributed by atoms with Crippen LogP contribution in [0.25, 0.3) is 0 Å². The Bertz CT molecular complexity index is 1820. The van der Waals surface area contributed by atoms with Gasteiger partial charge in [0.1, 0.15) is 48.8 Å². The minimum Gasteiger partial charge on any atom is -0.469 e. The zero-order chi connectivity index (χ0) is 48.6. The molecule has 0 spiro atoms. The van der Waals surface area contributed by atoms with Gasteiger partial charge >= 0.3 is 5.97 Å². The van der Waals surface area contributed by atoms with Gasteiger partial charge in [-0.1, -0.05) is 25.5 Å². The van der Waals surface area contributed by atoms with Gasteiger partial charge < -0.3 is 97.3 Å². The molecule has 0 radical (unpaired) electrons. The number of fused-ring (bicyclic) bond motifs is 3. The van der Waals surface area contributed by atoms with Gasteiger partial charge in [0.2, 0.25) is 5.79 Å². The van der Waals surface area contributed by atoms with Crippen LogP contribution in [-0.2, 0) is 66.4 Å². The number of ether oxygens (including phenoxy) is 13. The summed E-state index contributed by atoms with van der Waals surface area (Å²) in [5, 5.41) is 75.7. The Labute approximate surface area is 395 Å². The summed E-state index contributed by atoms with van der Waals surface area (Å²) in [6.07, 6.45) is -13.2. The van der Waals surface area contributed by atoms with Crippen LogP contribution in [0.4, 0.5) is 0 Å². The summed E-state index contributed by atoms with van der Waals surface area (Å²) >= 11 is 0. The molecule has 0 amide bonds. The second kappa shape index (κ2) is 20.1. The van der Waals surface area contributed by atoms with E-state index in [4.69, 9.17) is 61.6 Å². The molecule has 0 bridgehead atoms. The molecule has 2 aliphatic carbocycles. The Morgan fingerprint density at radius 1 is 0.721 bits per heavy atom. The number of methoxy groups -OCH3 is 2. The molecule has 0 unspecified atom stereocenters. The summed E-state index contributed by atoms with van der Waals surface area (Å²) in [5.41, 5.74) is 1.15. The van der Waals surface area contributed by atoms with Crippen LogP contribution in [0.2, 0.25) is 0 Å². The largest absolute Gasteiger partial charge is 0.469 e. The molecule has 0 aromatic heterocycles. The van der Waals surface area contributed by atoms with Crippen molar-refractivity contribution in [3.63, 3.8) is 0 Å². The molecule has 0 aromatic rings. The molecule has 386 valence electrons. The van der Waals surface area contributed by atoms with Crippen LogP contribution < -0.4 is 0 Å². The number of hydrogen-bond acceptors (Lipinski definition) is 21. The predicted octanol–water partition coefficient (Wildman–Crippen LogP) is 0.00440. The van der Waals surface area contributed by atoms with Crippen molar-refractivity contribution in [3.05, 3.63) is 23.5 Å². The average molecular weight is 973 g/mol. The Morgan fingerprint density at radius 3 is 2.13 bits per heavy atom. The topological polar surface area (TPSA) is 279 Å². The monoisotopic (exact) mass is 972 g/mol. The molecule has 7 aliphatic heterocycles. The van der Waals surface area contributed by atoms with E-state index in [1.807, 2.05) is 20.8 Å². The first-order valence-corrected chi connectivity index (χ1v) is 24.2. The number of hydrogen-bond donors (Lipinski definition) is 7. The zero-order valence-electron chi connectivity index (χ0n) is 39.7. The van der Waals surface area contributed by atoms with E-state index >= 15 is 0 Å². The van der Waals surface area contributed by atoms with Gasteiger partial charge in [-0.3, -0.25) is 4.79 Å². The summed E-state index contributed by atoms with van der Waals surface area (Å²) in [6, 6.07) is 0. The molecule has 0 aromatic carbocycles. The van der Waals surface area contributed by atoms with Crippen molar-refractivity contribution >= 4 is 5.97 Å².